The van der Waals surface area contributed by atoms with E-state index in [9.17, 15) is 4.79 Å². The van der Waals surface area contributed by atoms with Gasteiger partial charge in [-0.05, 0) is 46.6 Å². The Morgan fingerprint density at radius 1 is 1.19 bits per heavy atom. The molecule has 1 saturated carbocycles. The summed E-state index contributed by atoms with van der Waals surface area (Å²) in [6.45, 7) is 8.05. The first-order valence-electron chi connectivity index (χ1n) is 7.44. The van der Waals surface area contributed by atoms with Crippen LogP contribution >= 0.6 is 0 Å². The van der Waals surface area contributed by atoms with Gasteiger partial charge < -0.3 is 14.0 Å². The SMILES string of the molecule is CC1(C)OB(c2cccc(C=O)c2OC2CC2)OC1(C)C. The van der Waals surface area contributed by atoms with Crippen molar-refractivity contribution in [3.8, 4) is 5.75 Å². The number of hydrogen-bond acceptors (Lipinski definition) is 4. The van der Waals surface area contributed by atoms with E-state index in [1.807, 2.05) is 39.8 Å². The zero-order chi connectivity index (χ0) is 15.3. The van der Waals surface area contributed by atoms with Crippen LogP contribution in [-0.4, -0.2) is 30.7 Å². The van der Waals surface area contributed by atoms with E-state index in [2.05, 4.69) is 0 Å². The number of carbonyl (C=O) groups is 1. The minimum Gasteiger partial charge on any atom is -0.490 e. The van der Waals surface area contributed by atoms with Crippen LogP contribution in [0.3, 0.4) is 0 Å². The summed E-state index contributed by atoms with van der Waals surface area (Å²) in [6.07, 6.45) is 3.12. The summed E-state index contributed by atoms with van der Waals surface area (Å²) in [6, 6.07) is 5.51. The van der Waals surface area contributed by atoms with Crippen LogP contribution in [0, 0.1) is 0 Å². The van der Waals surface area contributed by atoms with E-state index in [-0.39, 0.29) is 6.10 Å². The zero-order valence-corrected chi connectivity index (χ0v) is 13.0. The minimum atomic E-state index is -0.511. The number of para-hydroxylation sites is 1. The summed E-state index contributed by atoms with van der Waals surface area (Å²) < 4.78 is 18.1. The lowest BCUT2D eigenvalue weighted by molar-refractivity contribution is 0.00578. The fourth-order valence-corrected chi connectivity index (χ4v) is 2.31. The van der Waals surface area contributed by atoms with E-state index in [4.69, 9.17) is 14.0 Å². The van der Waals surface area contributed by atoms with Crippen LogP contribution < -0.4 is 10.2 Å². The molecule has 1 saturated heterocycles. The molecule has 1 aromatic carbocycles. The molecule has 3 rings (SSSR count). The molecule has 2 fully saturated rings. The van der Waals surface area contributed by atoms with Gasteiger partial charge in [0.2, 0.25) is 0 Å². The topological polar surface area (TPSA) is 44.8 Å². The van der Waals surface area contributed by atoms with Gasteiger partial charge in [-0.2, -0.15) is 0 Å². The van der Waals surface area contributed by atoms with Crippen molar-refractivity contribution in [2.45, 2.75) is 57.8 Å². The van der Waals surface area contributed by atoms with Crippen LogP contribution in [0.4, 0.5) is 0 Å². The van der Waals surface area contributed by atoms with Gasteiger partial charge in [-0.3, -0.25) is 4.79 Å². The third-order valence-electron chi connectivity index (χ3n) is 4.52. The first-order chi connectivity index (χ1) is 9.84. The second-order valence-corrected chi connectivity index (χ2v) is 6.79. The summed E-state index contributed by atoms with van der Waals surface area (Å²) in [5.41, 5.74) is 0.525. The van der Waals surface area contributed by atoms with Gasteiger partial charge >= 0.3 is 7.12 Å². The summed E-state index contributed by atoms with van der Waals surface area (Å²) in [4.78, 5) is 11.3. The molecule has 0 bridgehead atoms. The molecular formula is C16H21BO4. The van der Waals surface area contributed by atoms with E-state index in [0.717, 1.165) is 24.6 Å². The summed E-state index contributed by atoms with van der Waals surface area (Å²) >= 11 is 0. The Morgan fingerprint density at radius 3 is 2.33 bits per heavy atom. The molecule has 0 aromatic heterocycles. The number of benzene rings is 1. The van der Waals surface area contributed by atoms with Gasteiger partial charge in [0.25, 0.3) is 0 Å². The zero-order valence-electron chi connectivity index (χ0n) is 13.0. The average molecular weight is 288 g/mol. The number of aldehydes is 1. The Labute approximate surface area is 125 Å². The van der Waals surface area contributed by atoms with Gasteiger partial charge in [0.1, 0.15) is 5.75 Å². The fourth-order valence-electron chi connectivity index (χ4n) is 2.31. The third-order valence-corrected chi connectivity index (χ3v) is 4.52. The minimum absolute atomic E-state index is 0.215. The third kappa shape index (κ3) is 2.60. The van der Waals surface area contributed by atoms with Crippen LogP contribution in [0.25, 0.3) is 0 Å². The first kappa shape index (κ1) is 14.6. The lowest BCUT2D eigenvalue weighted by atomic mass is 9.77. The largest absolute Gasteiger partial charge is 0.498 e. The van der Waals surface area contributed by atoms with Gasteiger partial charge in [0.15, 0.2) is 6.29 Å². The maximum Gasteiger partial charge on any atom is 0.498 e. The van der Waals surface area contributed by atoms with Crippen molar-refractivity contribution in [1.82, 2.24) is 0 Å². The number of rotatable bonds is 4. The molecule has 21 heavy (non-hydrogen) atoms. The molecular weight excluding hydrogens is 267 g/mol. The van der Waals surface area contributed by atoms with Crippen molar-refractivity contribution in [1.29, 1.82) is 0 Å². The molecule has 2 aliphatic rings. The Hall–Kier alpha value is -1.33. The van der Waals surface area contributed by atoms with Gasteiger partial charge in [-0.25, -0.2) is 0 Å². The predicted octanol–water partition coefficient (Wildman–Crippen LogP) is 2.34. The van der Waals surface area contributed by atoms with E-state index < -0.39 is 18.3 Å². The Kier molecular flexibility index (Phi) is 3.37. The van der Waals surface area contributed by atoms with Gasteiger partial charge in [0, 0.05) is 5.46 Å². The molecule has 5 heteroatoms. The molecule has 1 aliphatic carbocycles. The number of ether oxygens (including phenoxy) is 1. The Bertz CT molecular complexity index is 547. The van der Waals surface area contributed by atoms with E-state index in [0.29, 0.717) is 11.3 Å². The molecule has 0 N–H and O–H groups in total. The fraction of sp³-hybridized carbons (Fsp3) is 0.562. The lowest BCUT2D eigenvalue weighted by Crippen LogP contribution is -2.41. The number of carbonyl (C=O) groups excluding carboxylic acids is 1. The highest BCUT2D eigenvalue weighted by molar-refractivity contribution is 6.63. The quantitative estimate of drug-likeness (QED) is 0.630. The first-order valence-corrected chi connectivity index (χ1v) is 7.44. The van der Waals surface area contributed by atoms with E-state index >= 15 is 0 Å². The maximum atomic E-state index is 11.3. The molecule has 1 aromatic rings. The highest BCUT2D eigenvalue weighted by Gasteiger charge is 2.52. The average Bonchev–Trinajstić information content (AvgIpc) is 3.17. The van der Waals surface area contributed by atoms with Gasteiger partial charge in [0.05, 0.1) is 22.9 Å². The molecule has 112 valence electrons. The summed E-state index contributed by atoms with van der Waals surface area (Å²) in [5, 5.41) is 0. The molecule has 0 unspecified atom stereocenters. The molecule has 0 radical (unpaired) electrons. The standard InChI is InChI=1S/C16H21BO4/c1-15(2)16(3,4)21-17(20-15)13-7-5-6-11(10-18)14(13)19-12-8-9-12/h5-7,10,12H,8-9H2,1-4H3. The molecule has 1 heterocycles. The Balaban J connectivity index is 1.97. The molecule has 0 spiro atoms. The second-order valence-electron chi connectivity index (χ2n) is 6.79. The van der Waals surface area contributed by atoms with Crippen LogP contribution in [0.15, 0.2) is 18.2 Å². The van der Waals surface area contributed by atoms with Crippen LogP contribution in [0.2, 0.25) is 0 Å². The highest BCUT2D eigenvalue weighted by Crippen LogP contribution is 2.38. The van der Waals surface area contributed by atoms with Crippen molar-refractivity contribution >= 4 is 18.9 Å². The highest BCUT2D eigenvalue weighted by atomic mass is 16.7. The second kappa shape index (κ2) is 4.85. The smallest absolute Gasteiger partial charge is 0.490 e. The number of hydrogen-bond donors (Lipinski definition) is 0. The van der Waals surface area contributed by atoms with Crippen LogP contribution in [0.1, 0.15) is 50.9 Å². The van der Waals surface area contributed by atoms with Crippen molar-refractivity contribution in [2.75, 3.05) is 0 Å². The molecule has 0 atom stereocenters. The normalized spacial score (nSPS) is 23.1. The van der Waals surface area contributed by atoms with Crippen molar-refractivity contribution in [2.24, 2.45) is 0 Å². The van der Waals surface area contributed by atoms with Gasteiger partial charge in [-0.1, -0.05) is 12.1 Å². The summed E-state index contributed by atoms with van der Waals surface area (Å²) in [7, 11) is -0.511. The maximum absolute atomic E-state index is 11.3. The van der Waals surface area contributed by atoms with Crippen molar-refractivity contribution < 1.29 is 18.8 Å². The van der Waals surface area contributed by atoms with Crippen molar-refractivity contribution in [3.05, 3.63) is 23.8 Å². The van der Waals surface area contributed by atoms with E-state index in [1.165, 1.54) is 0 Å². The monoisotopic (exact) mass is 288 g/mol. The Morgan fingerprint density at radius 2 is 1.81 bits per heavy atom. The lowest BCUT2D eigenvalue weighted by Gasteiger charge is -2.32. The predicted molar refractivity (Wildman–Crippen MR) is 81.2 cm³/mol. The van der Waals surface area contributed by atoms with E-state index in [1.54, 1.807) is 6.07 Å². The summed E-state index contributed by atoms with van der Waals surface area (Å²) in [5.74, 6) is 0.605. The molecule has 1 aliphatic heterocycles. The van der Waals surface area contributed by atoms with Gasteiger partial charge in [-0.15, -0.1) is 0 Å². The molecule has 0 amide bonds. The van der Waals surface area contributed by atoms with Crippen molar-refractivity contribution in [3.63, 3.8) is 0 Å². The molecule has 4 nitrogen and oxygen atoms in total. The van der Waals surface area contributed by atoms with Crippen LogP contribution in [-0.2, 0) is 9.31 Å². The van der Waals surface area contributed by atoms with Crippen LogP contribution in [0.5, 0.6) is 5.75 Å².